The van der Waals surface area contributed by atoms with Gasteiger partial charge in [0, 0.05) is 10.0 Å². The van der Waals surface area contributed by atoms with Gasteiger partial charge in [-0.25, -0.2) is 0 Å². The van der Waals surface area contributed by atoms with Gasteiger partial charge in [-0.15, -0.1) is 0 Å². The van der Waals surface area contributed by atoms with E-state index in [0.29, 0.717) is 5.75 Å². The van der Waals surface area contributed by atoms with Crippen molar-refractivity contribution in [3.8, 4) is 5.75 Å². The zero-order valence-electron chi connectivity index (χ0n) is 9.77. The summed E-state index contributed by atoms with van der Waals surface area (Å²) >= 11 is 3.39. The molecule has 3 atom stereocenters. The van der Waals surface area contributed by atoms with E-state index in [4.69, 9.17) is 4.74 Å². The summed E-state index contributed by atoms with van der Waals surface area (Å²) in [6, 6.07) is 5.55. The first-order chi connectivity index (χ1) is 8.08. The van der Waals surface area contributed by atoms with Crippen LogP contribution in [0.25, 0.3) is 0 Å². The van der Waals surface area contributed by atoms with Gasteiger partial charge in [0.25, 0.3) is 0 Å². The summed E-state index contributed by atoms with van der Waals surface area (Å²) in [5, 5.41) is 19.4. The Bertz CT molecular complexity index is 392. The van der Waals surface area contributed by atoms with Crippen LogP contribution in [-0.4, -0.2) is 22.4 Å². The van der Waals surface area contributed by atoms with E-state index in [9.17, 15) is 10.2 Å². The summed E-state index contributed by atoms with van der Waals surface area (Å²) in [5.41, 5.74) is 0.757. The lowest BCUT2D eigenvalue weighted by Gasteiger charge is -2.20. The predicted octanol–water partition coefficient (Wildman–Crippen LogP) is 2.79. The Kier molecular flexibility index (Phi) is 4.07. The number of halogens is 1. The van der Waals surface area contributed by atoms with Crippen LogP contribution in [0, 0.1) is 0 Å². The average molecular weight is 301 g/mol. The zero-order valence-corrected chi connectivity index (χ0v) is 11.4. The molecule has 3 nitrogen and oxygen atoms in total. The molecule has 4 heteroatoms. The standard InChI is InChI=1S/C13H17BrO3/c1-8(15)10-6-5-9(14)7-13(10)17-12-4-2-3-11(12)16/h5-8,11-12,15-16H,2-4H2,1H3. The van der Waals surface area contributed by atoms with Crippen molar-refractivity contribution in [2.45, 2.75) is 44.5 Å². The van der Waals surface area contributed by atoms with E-state index < -0.39 is 12.2 Å². The molecule has 2 rings (SSSR count). The fraction of sp³-hybridized carbons (Fsp3) is 0.538. The minimum atomic E-state index is -0.573. The lowest BCUT2D eigenvalue weighted by molar-refractivity contribution is 0.0577. The number of aliphatic hydroxyl groups is 2. The van der Waals surface area contributed by atoms with Crippen LogP contribution < -0.4 is 4.74 Å². The number of ether oxygens (including phenoxy) is 1. The van der Waals surface area contributed by atoms with E-state index in [1.54, 1.807) is 6.92 Å². The number of hydrogen-bond acceptors (Lipinski definition) is 3. The molecule has 0 radical (unpaired) electrons. The normalized spacial score (nSPS) is 25.9. The molecule has 1 aromatic rings. The van der Waals surface area contributed by atoms with Crippen molar-refractivity contribution in [3.63, 3.8) is 0 Å². The average Bonchev–Trinajstić information content (AvgIpc) is 2.64. The molecule has 1 fully saturated rings. The molecule has 94 valence electrons. The molecule has 2 N–H and O–H groups in total. The van der Waals surface area contributed by atoms with Crippen molar-refractivity contribution in [2.24, 2.45) is 0 Å². The Morgan fingerprint density at radius 3 is 2.76 bits per heavy atom. The molecule has 17 heavy (non-hydrogen) atoms. The molecule has 0 spiro atoms. The first-order valence-electron chi connectivity index (χ1n) is 5.90. The van der Waals surface area contributed by atoms with Crippen LogP contribution >= 0.6 is 15.9 Å². The van der Waals surface area contributed by atoms with Gasteiger partial charge in [0.1, 0.15) is 11.9 Å². The first kappa shape index (κ1) is 12.9. The van der Waals surface area contributed by atoms with Crippen molar-refractivity contribution in [3.05, 3.63) is 28.2 Å². The van der Waals surface area contributed by atoms with Gasteiger partial charge in [0.05, 0.1) is 12.2 Å². The van der Waals surface area contributed by atoms with Gasteiger partial charge in [-0.05, 0) is 38.3 Å². The van der Waals surface area contributed by atoms with E-state index >= 15 is 0 Å². The fourth-order valence-electron chi connectivity index (χ4n) is 2.16. The minimum absolute atomic E-state index is 0.151. The second-order valence-corrected chi connectivity index (χ2v) is 5.43. The van der Waals surface area contributed by atoms with E-state index in [1.807, 2.05) is 18.2 Å². The van der Waals surface area contributed by atoms with Gasteiger partial charge >= 0.3 is 0 Å². The first-order valence-corrected chi connectivity index (χ1v) is 6.69. The van der Waals surface area contributed by atoms with Crippen LogP contribution in [-0.2, 0) is 0 Å². The summed E-state index contributed by atoms with van der Waals surface area (Å²) in [7, 11) is 0. The topological polar surface area (TPSA) is 49.7 Å². The second-order valence-electron chi connectivity index (χ2n) is 4.51. The third-order valence-electron chi connectivity index (χ3n) is 3.12. The highest BCUT2D eigenvalue weighted by atomic mass is 79.9. The molecule has 1 aliphatic rings. The third kappa shape index (κ3) is 3.00. The van der Waals surface area contributed by atoms with E-state index in [2.05, 4.69) is 15.9 Å². The molecule has 1 aliphatic carbocycles. The highest BCUT2D eigenvalue weighted by molar-refractivity contribution is 9.10. The molecule has 0 heterocycles. The molecular weight excluding hydrogens is 284 g/mol. The van der Waals surface area contributed by atoms with Crippen LogP contribution in [0.5, 0.6) is 5.75 Å². The highest BCUT2D eigenvalue weighted by Gasteiger charge is 2.27. The molecule has 0 aromatic heterocycles. The predicted molar refractivity (Wildman–Crippen MR) is 69.0 cm³/mol. The maximum Gasteiger partial charge on any atom is 0.126 e. The third-order valence-corrected chi connectivity index (χ3v) is 3.61. The lowest BCUT2D eigenvalue weighted by Crippen LogP contribution is -2.26. The van der Waals surface area contributed by atoms with E-state index in [1.165, 1.54) is 0 Å². The van der Waals surface area contributed by atoms with Gasteiger partial charge in [-0.2, -0.15) is 0 Å². The Morgan fingerprint density at radius 2 is 2.18 bits per heavy atom. The minimum Gasteiger partial charge on any atom is -0.487 e. The number of benzene rings is 1. The summed E-state index contributed by atoms with van der Waals surface area (Å²) in [6.07, 6.45) is 1.54. The van der Waals surface area contributed by atoms with E-state index in [0.717, 1.165) is 29.3 Å². The largest absolute Gasteiger partial charge is 0.487 e. The molecule has 1 aromatic carbocycles. The summed E-state index contributed by atoms with van der Waals surface area (Å²) in [6.45, 7) is 1.71. The number of aliphatic hydroxyl groups excluding tert-OH is 2. The smallest absolute Gasteiger partial charge is 0.126 e. The SMILES string of the molecule is CC(O)c1ccc(Br)cc1OC1CCCC1O. The molecule has 0 amide bonds. The van der Waals surface area contributed by atoms with Crippen LogP contribution in [0.3, 0.4) is 0 Å². The maximum absolute atomic E-state index is 9.75. The quantitative estimate of drug-likeness (QED) is 0.902. The van der Waals surface area contributed by atoms with Crippen molar-refractivity contribution < 1.29 is 14.9 Å². The van der Waals surface area contributed by atoms with Crippen LogP contribution in [0.2, 0.25) is 0 Å². The molecular formula is C13H17BrO3. The molecule has 0 aliphatic heterocycles. The van der Waals surface area contributed by atoms with Crippen molar-refractivity contribution in [1.29, 1.82) is 0 Å². The molecule has 1 saturated carbocycles. The molecule has 3 unspecified atom stereocenters. The zero-order chi connectivity index (χ0) is 12.4. The van der Waals surface area contributed by atoms with Gasteiger partial charge in [0.15, 0.2) is 0 Å². The van der Waals surface area contributed by atoms with Gasteiger partial charge in [-0.3, -0.25) is 0 Å². The van der Waals surface area contributed by atoms with Crippen LogP contribution in [0.4, 0.5) is 0 Å². The van der Waals surface area contributed by atoms with Crippen molar-refractivity contribution >= 4 is 15.9 Å². The Hall–Kier alpha value is -0.580. The summed E-state index contributed by atoms with van der Waals surface area (Å²) in [5.74, 6) is 0.653. The summed E-state index contributed by atoms with van der Waals surface area (Å²) in [4.78, 5) is 0. The second kappa shape index (κ2) is 5.38. The van der Waals surface area contributed by atoms with Crippen LogP contribution in [0.1, 0.15) is 37.9 Å². The van der Waals surface area contributed by atoms with Gasteiger partial charge < -0.3 is 14.9 Å². The number of rotatable bonds is 3. The maximum atomic E-state index is 9.75. The monoisotopic (exact) mass is 300 g/mol. The number of hydrogen-bond donors (Lipinski definition) is 2. The van der Waals surface area contributed by atoms with Crippen LogP contribution in [0.15, 0.2) is 22.7 Å². The Morgan fingerprint density at radius 1 is 1.41 bits per heavy atom. The molecule has 0 saturated heterocycles. The Balaban J connectivity index is 2.21. The Labute approximate surface area is 110 Å². The highest BCUT2D eigenvalue weighted by Crippen LogP contribution is 2.32. The van der Waals surface area contributed by atoms with Crippen molar-refractivity contribution in [2.75, 3.05) is 0 Å². The lowest BCUT2D eigenvalue weighted by atomic mass is 10.1. The van der Waals surface area contributed by atoms with Gasteiger partial charge in [0.2, 0.25) is 0 Å². The van der Waals surface area contributed by atoms with E-state index in [-0.39, 0.29) is 6.10 Å². The van der Waals surface area contributed by atoms with Crippen molar-refractivity contribution in [1.82, 2.24) is 0 Å². The summed E-state index contributed by atoms with van der Waals surface area (Å²) < 4.78 is 6.73. The fourth-order valence-corrected chi connectivity index (χ4v) is 2.50. The van der Waals surface area contributed by atoms with Gasteiger partial charge in [-0.1, -0.05) is 22.0 Å². The molecule has 0 bridgehead atoms.